The van der Waals surface area contributed by atoms with Crippen molar-refractivity contribution in [2.45, 2.75) is 90.9 Å². The lowest BCUT2D eigenvalue weighted by Crippen LogP contribution is -2.58. The Morgan fingerprint density at radius 1 is 1.03 bits per heavy atom. The predicted molar refractivity (Wildman–Crippen MR) is 136 cm³/mol. The Bertz CT molecular complexity index is 838. The van der Waals surface area contributed by atoms with Crippen molar-refractivity contribution in [3.8, 4) is 0 Å². The fraction of sp³-hybridized carbons (Fsp3) is 0.692. The molecule has 1 aliphatic rings. The lowest BCUT2D eigenvalue weighted by atomic mass is 10.0. The van der Waals surface area contributed by atoms with Crippen LogP contribution >= 0.6 is 0 Å². The number of nitrogens with one attached hydrogen (secondary N) is 3. The molecule has 1 aliphatic heterocycles. The maximum absolute atomic E-state index is 13.4. The van der Waals surface area contributed by atoms with Crippen molar-refractivity contribution in [3.05, 3.63) is 12.2 Å². The molecule has 10 heteroatoms. The summed E-state index contributed by atoms with van der Waals surface area (Å²) in [5.74, 6) is -1.66. The number of carbonyl (C=O) groups is 6. The molecule has 3 amide bonds. The van der Waals surface area contributed by atoms with Gasteiger partial charge in [-0.2, -0.15) is 0 Å². The highest BCUT2D eigenvalue weighted by Crippen LogP contribution is 2.21. The summed E-state index contributed by atoms with van der Waals surface area (Å²) >= 11 is 0. The third-order valence-electron chi connectivity index (χ3n) is 6.13. The molecule has 4 unspecified atom stereocenters. The highest BCUT2D eigenvalue weighted by molar-refractivity contribution is 5.98. The van der Waals surface area contributed by atoms with Crippen LogP contribution in [0.3, 0.4) is 0 Å². The second kappa shape index (κ2) is 15.3. The quantitative estimate of drug-likeness (QED) is 0.222. The van der Waals surface area contributed by atoms with Crippen LogP contribution in [0, 0.1) is 11.8 Å². The normalized spacial score (nSPS) is 18.2. The van der Waals surface area contributed by atoms with E-state index >= 15 is 0 Å². The number of carbonyl (C=O) groups excluding carboxylic acids is 6. The fourth-order valence-electron chi connectivity index (χ4n) is 4.17. The number of aldehydes is 1. The highest BCUT2D eigenvalue weighted by atomic mass is 16.2. The largest absolute Gasteiger partial charge is 0.345 e. The SMILES string of the molecule is CNC(CCC(=O)/C=C\C(C)=O)C(=O)NC(C(=O)N1CCCC1C(=O)NC(C=O)CC(C)C)C(C)C. The third-order valence-corrected chi connectivity index (χ3v) is 6.13. The molecule has 4 atom stereocenters. The number of hydrogen-bond acceptors (Lipinski definition) is 7. The summed E-state index contributed by atoms with van der Waals surface area (Å²) in [7, 11) is 1.59. The van der Waals surface area contributed by atoms with Crippen LogP contribution in [-0.2, 0) is 28.8 Å². The molecular formula is C26H42N4O6. The number of likely N-dealkylation sites (N-methyl/N-ethyl adjacent to an activating group) is 1. The molecule has 0 saturated carbocycles. The number of nitrogens with zero attached hydrogens (tertiary/aromatic N) is 1. The molecule has 202 valence electrons. The first-order valence-electron chi connectivity index (χ1n) is 12.7. The van der Waals surface area contributed by atoms with Crippen molar-refractivity contribution in [1.29, 1.82) is 0 Å². The lowest BCUT2D eigenvalue weighted by Gasteiger charge is -2.32. The van der Waals surface area contributed by atoms with Crippen molar-refractivity contribution in [1.82, 2.24) is 20.9 Å². The van der Waals surface area contributed by atoms with Crippen LogP contribution in [0.2, 0.25) is 0 Å². The summed E-state index contributed by atoms with van der Waals surface area (Å²) in [5.41, 5.74) is 0. The standard InChI is InChI=1S/C26H42N4O6/c1-16(2)14-19(15-31)28-25(35)22-8-7-13-30(22)26(36)23(17(3)4)29-24(34)21(27-6)12-11-20(33)10-9-18(5)32/h9-10,15-17,19,21-23,27H,7-8,11-14H2,1-6H3,(H,28,35)(H,29,34)/b10-9-. The highest BCUT2D eigenvalue weighted by Gasteiger charge is 2.39. The van der Waals surface area contributed by atoms with Gasteiger partial charge in [0.15, 0.2) is 11.6 Å². The van der Waals surface area contributed by atoms with Gasteiger partial charge in [0.1, 0.15) is 18.4 Å². The van der Waals surface area contributed by atoms with Crippen molar-refractivity contribution in [2.24, 2.45) is 11.8 Å². The first-order chi connectivity index (χ1) is 16.9. The Morgan fingerprint density at radius 2 is 1.69 bits per heavy atom. The zero-order chi connectivity index (χ0) is 27.4. The van der Waals surface area contributed by atoms with Crippen molar-refractivity contribution in [2.75, 3.05) is 13.6 Å². The van der Waals surface area contributed by atoms with Gasteiger partial charge in [-0.3, -0.25) is 24.0 Å². The summed E-state index contributed by atoms with van der Waals surface area (Å²) < 4.78 is 0. The Hall–Kier alpha value is -2.88. The van der Waals surface area contributed by atoms with E-state index in [-0.39, 0.29) is 48.1 Å². The molecule has 1 saturated heterocycles. The molecule has 1 heterocycles. The molecule has 0 radical (unpaired) electrons. The molecule has 0 aromatic heterocycles. The lowest BCUT2D eigenvalue weighted by molar-refractivity contribution is -0.143. The van der Waals surface area contributed by atoms with E-state index in [1.54, 1.807) is 7.05 Å². The van der Waals surface area contributed by atoms with Crippen LogP contribution in [0.15, 0.2) is 12.2 Å². The number of ketones is 2. The van der Waals surface area contributed by atoms with Gasteiger partial charge < -0.3 is 25.6 Å². The zero-order valence-corrected chi connectivity index (χ0v) is 22.3. The van der Waals surface area contributed by atoms with E-state index in [0.29, 0.717) is 32.1 Å². The molecule has 36 heavy (non-hydrogen) atoms. The third kappa shape index (κ3) is 10.0. The summed E-state index contributed by atoms with van der Waals surface area (Å²) in [6.45, 7) is 9.27. The van der Waals surface area contributed by atoms with Crippen LogP contribution in [0.1, 0.15) is 66.7 Å². The maximum Gasteiger partial charge on any atom is 0.246 e. The molecular weight excluding hydrogens is 464 g/mol. The number of likely N-dealkylation sites (tertiary alicyclic amines) is 1. The van der Waals surface area contributed by atoms with Crippen molar-refractivity contribution in [3.63, 3.8) is 0 Å². The monoisotopic (exact) mass is 506 g/mol. The van der Waals surface area contributed by atoms with E-state index in [1.807, 2.05) is 27.7 Å². The van der Waals surface area contributed by atoms with E-state index in [9.17, 15) is 28.8 Å². The van der Waals surface area contributed by atoms with Crippen molar-refractivity contribution >= 4 is 35.6 Å². The minimum Gasteiger partial charge on any atom is -0.345 e. The van der Waals surface area contributed by atoms with Crippen LogP contribution in [-0.4, -0.2) is 78.2 Å². The Balaban J connectivity index is 2.87. The van der Waals surface area contributed by atoms with Crippen LogP contribution in [0.5, 0.6) is 0 Å². The summed E-state index contributed by atoms with van der Waals surface area (Å²) in [5, 5.41) is 8.41. The summed E-state index contributed by atoms with van der Waals surface area (Å²) in [4.78, 5) is 75.1. The number of hydrogen-bond donors (Lipinski definition) is 3. The number of allylic oxidation sites excluding steroid dienone is 2. The van der Waals surface area contributed by atoms with Gasteiger partial charge in [-0.05, 0) is 63.6 Å². The van der Waals surface area contributed by atoms with Gasteiger partial charge >= 0.3 is 0 Å². The van der Waals surface area contributed by atoms with E-state index in [1.165, 1.54) is 24.0 Å². The molecule has 1 rings (SSSR count). The van der Waals surface area contributed by atoms with Gasteiger partial charge in [-0.25, -0.2) is 0 Å². The molecule has 1 fully saturated rings. The molecule has 0 aromatic rings. The van der Waals surface area contributed by atoms with Gasteiger partial charge in [0.2, 0.25) is 17.7 Å². The molecule has 3 N–H and O–H groups in total. The fourth-order valence-corrected chi connectivity index (χ4v) is 4.17. The number of amides is 3. The Morgan fingerprint density at radius 3 is 2.22 bits per heavy atom. The van der Waals surface area contributed by atoms with Gasteiger partial charge in [0, 0.05) is 13.0 Å². The molecule has 10 nitrogen and oxygen atoms in total. The van der Waals surface area contributed by atoms with Gasteiger partial charge in [0.25, 0.3) is 0 Å². The van der Waals surface area contributed by atoms with E-state index in [2.05, 4.69) is 16.0 Å². The predicted octanol–water partition coefficient (Wildman–Crippen LogP) is 0.931. The van der Waals surface area contributed by atoms with Crippen LogP contribution in [0.4, 0.5) is 0 Å². The summed E-state index contributed by atoms with van der Waals surface area (Å²) in [6.07, 6.45) is 5.00. The zero-order valence-electron chi connectivity index (χ0n) is 22.3. The van der Waals surface area contributed by atoms with E-state index in [4.69, 9.17) is 0 Å². The second-order valence-electron chi connectivity index (χ2n) is 10.1. The van der Waals surface area contributed by atoms with E-state index in [0.717, 1.165) is 0 Å². The second-order valence-corrected chi connectivity index (χ2v) is 10.1. The van der Waals surface area contributed by atoms with Gasteiger partial charge in [-0.15, -0.1) is 0 Å². The molecule has 0 bridgehead atoms. The smallest absolute Gasteiger partial charge is 0.246 e. The first kappa shape index (κ1) is 31.2. The van der Waals surface area contributed by atoms with Crippen LogP contribution < -0.4 is 16.0 Å². The topological polar surface area (TPSA) is 142 Å². The minimum absolute atomic E-state index is 0.0612. The minimum atomic E-state index is -0.854. The summed E-state index contributed by atoms with van der Waals surface area (Å²) in [6, 6.07) is -2.88. The molecule has 0 aliphatic carbocycles. The maximum atomic E-state index is 13.4. The van der Waals surface area contributed by atoms with Gasteiger partial charge in [-0.1, -0.05) is 27.7 Å². The Labute approximate surface area is 214 Å². The Kier molecular flexibility index (Phi) is 13.2. The molecule has 0 spiro atoms. The average Bonchev–Trinajstić information content (AvgIpc) is 3.30. The van der Waals surface area contributed by atoms with Crippen molar-refractivity contribution < 1.29 is 28.8 Å². The number of rotatable bonds is 15. The van der Waals surface area contributed by atoms with Gasteiger partial charge in [0.05, 0.1) is 12.1 Å². The van der Waals surface area contributed by atoms with E-state index < -0.39 is 30.1 Å². The first-order valence-corrected chi connectivity index (χ1v) is 12.7. The molecule has 0 aromatic carbocycles. The average molecular weight is 507 g/mol. The van der Waals surface area contributed by atoms with Crippen LogP contribution in [0.25, 0.3) is 0 Å².